The number of amides is 2. The van der Waals surface area contributed by atoms with Gasteiger partial charge in [0.2, 0.25) is 25.9 Å². The summed E-state index contributed by atoms with van der Waals surface area (Å²) in [6.45, 7) is 11.8. The molecule has 0 bridgehead atoms. The van der Waals surface area contributed by atoms with E-state index in [1.807, 2.05) is 17.0 Å². The Labute approximate surface area is 428 Å². The number of hydrogen-bond donors (Lipinski definition) is 2. The maximum Gasteiger partial charge on any atom is 0.410 e. The van der Waals surface area contributed by atoms with E-state index < -0.39 is 59.3 Å². The van der Waals surface area contributed by atoms with E-state index in [9.17, 15) is 9.59 Å². The van der Waals surface area contributed by atoms with Crippen molar-refractivity contribution < 1.29 is 50.1 Å². The van der Waals surface area contributed by atoms with Crippen LogP contribution in [0.2, 0.25) is 0 Å². The van der Waals surface area contributed by atoms with Crippen molar-refractivity contribution in [2.75, 3.05) is 59.0 Å². The summed E-state index contributed by atoms with van der Waals surface area (Å²) in [5.41, 5.74) is 0.835. The molecule has 0 spiro atoms. The standard InChI is InChI=1S/C51H67N9O11S2/c1-50(2,3)70-48(61)52-30-35-24-27-57(28-25-35)43-22-23-44(72(63,64)55-39-26-29-58(34-39)49(62)71-51(4,5)6)46(45(43)47-53-56-60(54-47)33-38-14-20-42(69-9)21-15-38)73(65,66)59(31-36-10-16-40(67-7)17-11-36)32-37-12-18-41(68-8)19-13-37/h10-23,35,39,55H,24-34H2,1-9H3,(H,52,61)/t39-/m1/s1. The minimum Gasteiger partial charge on any atom is -0.497 e. The van der Waals surface area contributed by atoms with Crippen LogP contribution in [-0.2, 0) is 49.2 Å². The SMILES string of the molecule is COc1ccc(CN(Cc2ccc(OC)cc2)S(=O)(=O)c2c(S(=O)(=O)N[C@@H]3CCN(C(=O)OC(C)(C)C)C3)ccc(N3CCC(CNC(=O)OC(C)(C)C)CC3)c2-c2nnn(Cc3ccc(OC)cc3)n2)cc1. The Bertz CT molecular complexity index is 2870. The van der Waals surface area contributed by atoms with Gasteiger partial charge in [0.1, 0.15) is 38.2 Å². The topological polar surface area (TPSA) is 226 Å². The maximum atomic E-state index is 16.2. The van der Waals surface area contributed by atoms with E-state index in [-0.39, 0.29) is 56.5 Å². The van der Waals surface area contributed by atoms with Crippen LogP contribution in [-0.4, -0.2) is 130 Å². The average Bonchev–Trinajstić information content (AvgIpc) is 4.02. The number of anilines is 1. The number of methoxy groups -OCH3 is 3. The van der Waals surface area contributed by atoms with Crippen molar-refractivity contribution in [3.05, 3.63) is 102 Å². The highest BCUT2D eigenvalue weighted by atomic mass is 32.2. The predicted molar refractivity (Wildman–Crippen MR) is 273 cm³/mol. The molecule has 2 aliphatic heterocycles. The molecule has 394 valence electrons. The van der Waals surface area contributed by atoms with Crippen molar-refractivity contribution in [3.8, 4) is 28.6 Å². The van der Waals surface area contributed by atoms with Crippen LogP contribution in [0.5, 0.6) is 17.2 Å². The molecule has 22 heteroatoms. The summed E-state index contributed by atoms with van der Waals surface area (Å²) in [6, 6.07) is 23.2. The van der Waals surface area contributed by atoms with Crippen LogP contribution in [0.4, 0.5) is 15.3 Å². The molecule has 3 heterocycles. The van der Waals surface area contributed by atoms with Gasteiger partial charge in [-0.05, 0) is 137 Å². The monoisotopic (exact) mass is 1050 g/mol. The zero-order valence-corrected chi connectivity index (χ0v) is 44.6. The third kappa shape index (κ3) is 14.2. The molecule has 1 aromatic heterocycles. The van der Waals surface area contributed by atoms with Gasteiger partial charge in [0.05, 0.1) is 33.4 Å². The smallest absolute Gasteiger partial charge is 0.410 e. The van der Waals surface area contributed by atoms with E-state index in [1.54, 1.807) is 115 Å². The molecule has 2 saturated heterocycles. The summed E-state index contributed by atoms with van der Waals surface area (Å²) in [7, 11) is -5.02. The minimum absolute atomic E-state index is 0.0127. The Morgan fingerprint density at radius 2 is 1.23 bits per heavy atom. The number of likely N-dealkylation sites (tertiary alicyclic amines) is 1. The van der Waals surface area contributed by atoms with Gasteiger partial charge in [0.15, 0.2) is 0 Å². The lowest BCUT2D eigenvalue weighted by Gasteiger charge is -2.35. The molecule has 4 aromatic carbocycles. The molecule has 5 aromatic rings. The lowest BCUT2D eigenvalue weighted by atomic mass is 9.95. The van der Waals surface area contributed by atoms with Crippen LogP contribution in [0, 0.1) is 5.92 Å². The summed E-state index contributed by atoms with van der Waals surface area (Å²) in [5.74, 6) is 1.70. The normalized spacial score (nSPS) is 15.8. The van der Waals surface area contributed by atoms with Gasteiger partial charge >= 0.3 is 12.2 Å². The number of aromatic nitrogens is 4. The van der Waals surface area contributed by atoms with Gasteiger partial charge in [-0.15, -0.1) is 10.2 Å². The number of piperidine rings is 1. The Morgan fingerprint density at radius 3 is 1.75 bits per heavy atom. The molecular formula is C51H67N9O11S2. The summed E-state index contributed by atoms with van der Waals surface area (Å²) >= 11 is 0. The lowest BCUT2D eigenvalue weighted by Crippen LogP contribution is -2.41. The van der Waals surface area contributed by atoms with Gasteiger partial charge in [0, 0.05) is 57.5 Å². The number of alkyl carbamates (subject to hydrolysis) is 1. The first kappa shape index (κ1) is 54.3. The summed E-state index contributed by atoms with van der Waals surface area (Å²) in [5, 5.41) is 16.5. The van der Waals surface area contributed by atoms with Gasteiger partial charge in [-0.2, -0.15) is 9.10 Å². The third-order valence-corrected chi connectivity index (χ3v) is 15.8. The number of carbonyl (C=O) groups is 2. The van der Waals surface area contributed by atoms with Crippen molar-refractivity contribution in [1.82, 2.24) is 39.5 Å². The Kier molecular flexibility index (Phi) is 16.9. The highest BCUT2D eigenvalue weighted by Gasteiger charge is 2.41. The van der Waals surface area contributed by atoms with Crippen LogP contribution in [0.3, 0.4) is 0 Å². The number of ether oxygens (including phenoxy) is 5. The zero-order valence-electron chi connectivity index (χ0n) is 43.0. The second-order valence-corrected chi connectivity index (χ2v) is 23.7. The molecule has 0 radical (unpaired) electrons. The molecule has 2 amide bonds. The number of rotatable bonds is 18. The Balaban J connectivity index is 1.37. The lowest BCUT2D eigenvalue weighted by molar-refractivity contribution is 0.0291. The van der Waals surface area contributed by atoms with E-state index in [1.165, 1.54) is 34.3 Å². The molecule has 0 unspecified atom stereocenters. The molecule has 1 atom stereocenters. The molecule has 7 rings (SSSR count). The van der Waals surface area contributed by atoms with Gasteiger partial charge in [-0.25, -0.2) is 31.1 Å². The van der Waals surface area contributed by atoms with Crippen LogP contribution in [0.15, 0.2) is 94.7 Å². The van der Waals surface area contributed by atoms with Crippen LogP contribution < -0.4 is 29.1 Å². The van der Waals surface area contributed by atoms with Gasteiger partial charge in [0.25, 0.3) is 0 Å². The molecule has 2 aliphatic rings. The van der Waals surface area contributed by atoms with E-state index in [2.05, 4.69) is 20.4 Å². The van der Waals surface area contributed by atoms with Crippen LogP contribution in [0.25, 0.3) is 11.4 Å². The fraction of sp³-hybridized carbons (Fsp3) is 0.471. The van der Waals surface area contributed by atoms with Crippen molar-refractivity contribution in [3.63, 3.8) is 0 Å². The van der Waals surface area contributed by atoms with E-state index in [0.717, 1.165) is 5.56 Å². The molecule has 0 aliphatic carbocycles. The first-order valence-electron chi connectivity index (χ1n) is 24.1. The number of hydrogen-bond acceptors (Lipinski definition) is 15. The van der Waals surface area contributed by atoms with E-state index in [4.69, 9.17) is 28.8 Å². The number of sulfonamides is 2. The van der Waals surface area contributed by atoms with Gasteiger partial charge < -0.3 is 38.8 Å². The second kappa shape index (κ2) is 22.7. The van der Waals surface area contributed by atoms with Crippen molar-refractivity contribution in [1.29, 1.82) is 0 Å². The minimum atomic E-state index is -4.91. The second-order valence-electron chi connectivity index (χ2n) is 20.1. The largest absolute Gasteiger partial charge is 0.497 e. The summed E-state index contributed by atoms with van der Waals surface area (Å²) < 4.78 is 94.0. The number of nitrogens with zero attached hydrogens (tertiary/aromatic N) is 7. The Hall–Kier alpha value is -6.49. The molecular weight excluding hydrogens is 979 g/mol. The van der Waals surface area contributed by atoms with Gasteiger partial charge in [-0.1, -0.05) is 36.4 Å². The third-order valence-electron chi connectivity index (χ3n) is 12.2. The highest BCUT2D eigenvalue weighted by molar-refractivity contribution is 7.92. The number of tetrazole rings is 1. The number of nitrogens with one attached hydrogen (secondary N) is 2. The Morgan fingerprint density at radius 1 is 0.699 bits per heavy atom. The van der Waals surface area contributed by atoms with E-state index in [0.29, 0.717) is 66.5 Å². The first-order chi connectivity index (χ1) is 34.5. The quantitative estimate of drug-likeness (QED) is 0.0917. The predicted octanol–water partition coefficient (Wildman–Crippen LogP) is 6.83. The fourth-order valence-corrected chi connectivity index (χ4v) is 12.2. The number of benzene rings is 4. The summed E-state index contributed by atoms with van der Waals surface area (Å²) in [4.78, 5) is 29.4. The first-order valence-corrected chi connectivity index (χ1v) is 27.0. The maximum absolute atomic E-state index is 16.2. The molecule has 0 saturated carbocycles. The average molecular weight is 1050 g/mol. The van der Waals surface area contributed by atoms with Gasteiger partial charge in [-0.3, -0.25) is 0 Å². The number of carbonyl (C=O) groups excluding carboxylic acids is 2. The van der Waals surface area contributed by atoms with Crippen LogP contribution in [0.1, 0.15) is 77.5 Å². The summed E-state index contributed by atoms with van der Waals surface area (Å²) in [6.07, 6.45) is 0.307. The fourth-order valence-electron chi connectivity index (χ4n) is 8.58. The molecule has 2 N–H and O–H groups in total. The van der Waals surface area contributed by atoms with Crippen molar-refractivity contribution in [2.45, 2.75) is 107 Å². The molecule has 73 heavy (non-hydrogen) atoms. The van der Waals surface area contributed by atoms with Crippen LogP contribution >= 0.6 is 0 Å². The molecule has 20 nitrogen and oxygen atoms in total. The van der Waals surface area contributed by atoms with Crippen molar-refractivity contribution in [2.24, 2.45) is 5.92 Å². The van der Waals surface area contributed by atoms with E-state index >= 15 is 16.8 Å². The zero-order chi connectivity index (χ0) is 52.7. The van der Waals surface area contributed by atoms with Crippen molar-refractivity contribution >= 4 is 37.9 Å². The molecule has 2 fully saturated rings. The highest BCUT2D eigenvalue weighted by Crippen LogP contribution is 2.42.